The number of carbonyl (C=O) groups is 3. The molecule has 5 nitrogen and oxygen atoms in total. The van der Waals surface area contributed by atoms with Gasteiger partial charge >= 0.3 is 11.9 Å². The highest BCUT2D eigenvalue weighted by Gasteiger charge is 2.86. The summed E-state index contributed by atoms with van der Waals surface area (Å²) in [6.07, 6.45) is 4.27. The van der Waals surface area contributed by atoms with Crippen molar-refractivity contribution in [1.82, 2.24) is 0 Å². The summed E-state index contributed by atoms with van der Waals surface area (Å²) in [6, 6.07) is 41.4. The molecule has 4 bridgehead atoms. The van der Waals surface area contributed by atoms with E-state index in [0.29, 0.717) is 0 Å². The van der Waals surface area contributed by atoms with E-state index in [1.165, 1.54) is 14.2 Å². The van der Waals surface area contributed by atoms with Crippen LogP contribution < -0.4 is 0 Å². The van der Waals surface area contributed by atoms with E-state index < -0.39 is 34.6 Å². The highest BCUT2D eigenvalue weighted by molar-refractivity contribution is 6.30. The lowest BCUT2D eigenvalue weighted by Gasteiger charge is -2.69. The van der Waals surface area contributed by atoms with Crippen LogP contribution in [0, 0.1) is 47.3 Å². The minimum Gasteiger partial charge on any atom is -0.469 e. The molecule has 5 heteroatoms. The summed E-state index contributed by atoms with van der Waals surface area (Å²) in [4.78, 5) is 43.5. The lowest BCUT2D eigenvalue weighted by molar-refractivity contribution is -0.195. The van der Waals surface area contributed by atoms with Crippen LogP contribution in [-0.4, -0.2) is 31.9 Å². The zero-order valence-corrected chi connectivity index (χ0v) is 26.9. The number of Topliss-reactive ketones (excluding diaryl/α,β-unsaturated/α-hetero) is 1. The second-order valence-corrected chi connectivity index (χ2v) is 14.0. The number of rotatable bonds is 6. The summed E-state index contributed by atoms with van der Waals surface area (Å²) in [6.45, 7) is 0. The standard InChI is InChI=1S/C43H36O5/c1-47-39(44)33-29-23-24-30(34(33)40(45)48-2)32-31(29)37-38(32)43(28-21-13-6-14-22-28)36(26-17-9-4-10-18-26)35(25-15-7-3-8-16-25)42(37,41(43)46)27-19-11-5-12-20-27/h3-24,29-34,37-38H,1-2H3/t29-,30-,31-,32-,33-,34+,37-,38-,42+,43+/m1/s1. The summed E-state index contributed by atoms with van der Waals surface area (Å²) < 4.78 is 10.8. The Morgan fingerprint density at radius 1 is 0.521 bits per heavy atom. The molecule has 238 valence electrons. The van der Waals surface area contributed by atoms with Crippen molar-refractivity contribution in [1.29, 1.82) is 0 Å². The number of ketones is 1. The molecule has 10 rings (SSSR count). The molecule has 0 N–H and O–H groups in total. The van der Waals surface area contributed by atoms with Gasteiger partial charge in [-0.3, -0.25) is 14.4 Å². The molecule has 0 heterocycles. The predicted molar refractivity (Wildman–Crippen MR) is 182 cm³/mol. The Labute approximate surface area is 280 Å². The molecule has 6 aliphatic carbocycles. The lowest BCUT2D eigenvalue weighted by atomic mass is 9.33. The molecule has 6 aliphatic rings. The molecule has 0 aliphatic heterocycles. The van der Waals surface area contributed by atoms with Crippen molar-refractivity contribution < 1.29 is 23.9 Å². The molecular weight excluding hydrogens is 596 g/mol. The van der Waals surface area contributed by atoms with E-state index in [9.17, 15) is 9.59 Å². The van der Waals surface area contributed by atoms with Crippen molar-refractivity contribution in [2.24, 2.45) is 47.3 Å². The molecule has 4 aromatic rings. The van der Waals surface area contributed by atoms with Crippen LogP contribution in [0.15, 0.2) is 133 Å². The zero-order chi connectivity index (χ0) is 32.8. The number of allylic oxidation sites excluding steroid dienone is 4. The van der Waals surface area contributed by atoms with Crippen LogP contribution in [0.5, 0.6) is 0 Å². The van der Waals surface area contributed by atoms with E-state index in [0.717, 1.165) is 33.4 Å². The van der Waals surface area contributed by atoms with Gasteiger partial charge in [-0.05, 0) is 68.9 Å². The van der Waals surface area contributed by atoms with Crippen LogP contribution in [-0.2, 0) is 34.7 Å². The Morgan fingerprint density at radius 2 is 0.854 bits per heavy atom. The van der Waals surface area contributed by atoms with E-state index in [1.54, 1.807) is 0 Å². The second kappa shape index (κ2) is 10.5. The second-order valence-electron chi connectivity index (χ2n) is 14.0. The van der Waals surface area contributed by atoms with Crippen molar-refractivity contribution in [3.63, 3.8) is 0 Å². The Balaban J connectivity index is 1.42. The van der Waals surface area contributed by atoms with Crippen LogP contribution in [0.2, 0.25) is 0 Å². The van der Waals surface area contributed by atoms with Gasteiger partial charge in [0.15, 0.2) is 5.78 Å². The topological polar surface area (TPSA) is 69.7 Å². The third kappa shape index (κ3) is 3.34. The highest BCUT2D eigenvalue weighted by Crippen LogP contribution is 2.83. The van der Waals surface area contributed by atoms with Crippen molar-refractivity contribution in [3.05, 3.63) is 156 Å². The third-order valence-electron chi connectivity index (χ3n) is 12.6. The Morgan fingerprint density at radius 3 is 1.19 bits per heavy atom. The SMILES string of the molecule is COC(=O)[C@@H]1[C@@H]2C=C[C@@H]([C@@H]1C(=O)OC)[C@@H]1[C@@H]2[C@@H]2[C@@H]1[C@@]1(c3ccccc3)C(=O)[C@@]2(c2ccccc2)C(c2ccccc2)=C1c1ccccc1. The number of esters is 2. The molecule has 0 unspecified atom stereocenters. The minimum absolute atomic E-state index is 0.0132. The van der Waals surface area contributed by atoms with Gasteiger partial charge in [0, 0.05) is 0 Å². The van der Waals surface area contributed by atoms with Gasteiger partial charge in [-0.1, -0.05) is 133 Å². The number of benzene rings is 4. The molecular formula is C43H36O5. The summed E-state index contributed by atoms with van der Waals surface area (Å²) in [7, 11) is 2.78. The fourth-order valence-electron chi connectivity index (χ4n) is 11.4. The first-order valence-corrected chi connectivity index (χ1v) is 16.9. The molecule has 3 saturated carbocycles. The first-order valence-electron chi connectivity index (χ1n) is 16.9. The van der Waals surface area contributed by atoms with E-state index >= 15 is 4.79 Å². The molecule has 48 heavy (non-hydrogen) atoms. The summed E-state index contributed by atoms with van der Waals surface area (Å²) in [5.74, 6) is -2.72. The van der Waals surface area contributed by atoms with Crippen LogP contribution in [0.25, 0.3) is 11.1 Å². The Kier molecular flexibility index (Phi) is 6.36. The quantitative estimate of drug-likeness (QED) is 0.170. The summed E-state index contributed by atoms with van der Waals surface area (Å²) >= 11 is 0. The first kappa shape index (κ1) is 29.1. The van der Waals surface area contributed by atoms with Gasteiger partial charge in [0.05, 0.1) is 36.9 Å². The largest absolute Gasteiger partial charge is 0.469 e. The van der Waals surface area contributed by atoms with Gasteiger partial charge in [0.2, 0.25) is 0 Å². The van der Waals surface area contributed by atoms with Crippen LogP contribution in [0.4, 0.5) is 0 Å². The minimum atomic E-state index is -0.984. The fourth-order valence-corrected chi connectivity index (χ4v) is 11.4. The van der Waals surface area contributed by atoms with Crippen molar-refractivity contribution in [2.75, 3.05) is 14.2 Å². The molecule has 3 fully saturated rings. The highest BCUT2D eigenvalue weighted by atomic mass is 16.5. The fraction of sp³-hybridized carbons (Fsp3) is 0.279. The number of fused-ring (bicyclic) bond motifs is 6. The maximum atomic E-state index is 16.3. The average molecular weight is 633 g/mol. The monoisotopic (exact) mass is 632 g/mol. The first-order chi connectivity index (χ1) is 23.5. The number of ether oxygens (including phenoxy) is 2. The summed E-state index contributed by atoms with van der Waals surface area (Å²) in [5, 5.41) is 0. The van der Waals surface area contributed by atoms with Gasteiger partial charge in [-0.15, -0.1) is 0 Å². The predicted octanol–water partition coefficient (Wildman–Crippen LogP) is 6.94. The van der Waals surface area contributed by atoms with E-state index in [4.69, 9.17) is 9.47 Å². The molecule has 0 amide bonds. The number of carbonyl (C=O) groups excluding carboxylic acids is 3. The van der Waals surface area contributed by atoms with Crippen molar-refractivity contribution in [2.45, 2.75) is 10.8 Å². The van der Waals surface area contributed by atoms with Crippen LogP contribution in [0.1, 0.15) is 22.3 Å². The van der Waals surface area contributed by atoms with Gasteiger partial charge < -0.3 is 9.47 Å². The van der Waals surface area contributed by atoms with E-state index in [1.807, 2.05) is 48.5 Å². The normalized spacial score (nSPS) is 35.1. The smallest absolute Gasteiger partial charge is 0.310 e. The third-order valence-corrected chi connectivity index (χ3v) is 12.6. The van der Waals surface area contributed by atoms with Crippen molar-refractivity contribution in [3.8, 4) is 0 Å². The molecule has 0 spiro atoms. The maximum absolute atomic E-state index is 16.3. The average Bonchev–Trinajstić information content (AvgIpc) is 3.49. The molecule has 4 aromatic carbocycles. The van der Waals surface area contributed by atoms with Gasteiger partial charge in [0.1, 0.15) is 0 Å². The molecule has 0 radical (unpaired) electrons. The van der Waals surface area contributed by atoms with Gasteiger partial charge in [-0.25, -0.2) is 0 Å². The van der Waals surface area contributed by atoms with Gasteiger partial charge in [0.25, 0.3) is 0 Å². The maximum Gasteiger partial charge on any atom is 0.310 e. The van der Waals surface area contributed by atoms with Gasteiger partial charge in [-0.2, -0.15) is 0 Å². The molecule has 10 atom stereocenters. The molecule has 0 saturated heterocycles. The zero-order valence-electron chi connectivity index (χ0n) is 26.9. The Hall–Kier alpha value is -5.03. The van der Waals surface area contributed by atoms with Crippen LogP contribution >= 0.6 is 0 Å². The molecule has 0 aromatic heterocycles. The van der Waals surface area contributed by atoms with Crippen LogP contribution in [0.3, 0.4) is 0 Å². The lowest BCUT2D eigenvalue weighted by Crippen LogP contribution is -2.69. The van der Waals surface area contributed by atoms with Crippen molar-refractivity contribution >= 4 is 28.9 Å². The van der Waals surface area contributed by atoms with E-state index in [-0.39, 0.29) is 41.3 Å². The number of methoxy groups -OCH3 is 2. The Bertz CT molecular complexity index is 1860. The summed E-state index contributed by atoms with van der Waals surface area (Å²) in [5.41, 5.74) is 4.16. The van der Waals surface area contributed by atoms with E-state index in [2.05, 4.69) is 84.9 Å². The number of hydrogen-bond donors (Lipinski definition) is 0. The number of hydrogen-bond acceptors (Lipinski definition) is 5.